The number of halogens is 1. The molecule has 248 valence electrons. The highest BCUT2D eigenvalue weighted by Gasteiger charge is 2.49. The van der Waals surface area contributed by atoms with Crippen LogP contribution in [0.5, 0.6) is 0 Å². The summed E-state index contributed by atoms with van der Waals surface area (Å²) < 4.78 is 27.6. The van der Waals surface area contributed by atoms with Crippen LogP contribution in [-0.4, -0.2) is 97.4 Å². The molecule has 4 fully saturated rings. The third-order valence-electron chi connectivity index (χ3n) is 9.75. The monoisotopic (exact) mass is 647 g/mol. The molecule has 11 nitrogen and oxygen atoms in total. The van der Waals surface area contributed by atoms with Gasteiger partial charge in [0, 0.05) is 13.2 Å². The number of aliphatic hydroxyl groups is 3. The van der Waals surface area contributed by atoms with Gasteiger partial charge in [-0.3, -0.25) is 4.79 Å². The topological polar surface area (TPSA) is 151 Å². The summed E-state index contributed by atoms with van der Waals surface area (Å²) in [6.07, 6.45) is 2.44. The maximum Gasteiger partial charge on any atom is 0.240 e. The van der Waals surface area contributed by atoms with Gasteiger partial charge in [-0.25, -0.2) is 9.07 Å². The number of benzene rings is 1. The Kier molecular flexibility index (Phi) is 10.4. The van der Waals surface area contributed by atoms with Crippen LogP contribution in [0.4, 0.5) is 4.39 Å². The molecule has 1 amide bonds. The Labute approximate surface area is 267 Å². The zero-order chi connectivity index (χ0) is 31.7. The van der Waals surface area contributed by atoms with Crippen LogP contribution in [0.1, 0.15) is 69.7 Å². The van der Waals surface area contributed by atoms with Crippen LogP contribution in [0.2, 0.25) is 0 Å². The number of hydrogen-bond donors (Lipinski definition) is 5. The number of ether oxygens (including phenoxy) is 2. The number of hydrogen-bond acceptors (Lipinski definition) is 10. The van der Waals surface area contributed by atoms with Crippen molar-refractivity contribution in [2.45, 2.75) is 112 Å². The summed E-state index contributed by atoms with van der Waals surface area (Å²) in [7, 11) is 0. The van der Waals surface area contributed by atoms with Crippen molar-refractivity contribution in [3.63, 3.8) is 0 Å². The zero-order valence-electron chi connectivity index (χ0n) is 25.9. The lowest BCUT2D eigenvalue weighted by Crippen LogP contribution is -2.64. The fourth-order valence-electron chi connectivity index (χ4n) is 7.47. The summed E-state index contributed by atoms with van der Waals surface area (Å²) in [4.78, 5) is 13.7. The van der Waals surface area contributed by atoms with Crippen LogP contribution in [0.25, 0.3) is 5.69 Å². The Bertz CT molecular complexity index is 1280. The molecule has 0 radical (unpaired) electrons. The van der Waals surface area contributed by atoms with Gasteiger partial charge in [-0.2, -0.15) is 0 Å². The molecule has 4 saturated heterocycles. The van der Waals surface area contributed by atoms with Gasteiger partial charge in [0.1, 0.15) is 41.7 Å². The van der Waals surface area contributed by atoms with Crippen molar-refractivity contribution in [1.29, 1.82) is 0 Å². The second kappa shape index (κ2) is 14.3. The second-order valence-corrected chi connectivity index (χ2v) is 14.8. The summed E-state index contributed by atoms with van der Waals surface area (Å²) >= 11 is 1.32. The number of rotatable bonds is 6. The molecule has 0 spiro atoms. The van der Waals surface area contributed by atoms with E-state index in [1.807, 2.05) is 0 Å². The maximum atomic E-state index is 13.7. The van der Waals surface area contributed by atoms with E-state index in [0.717, 1.165) is 38.6 Å². The van der Waals surface area contributed by atoms with E-state index in [0.29, 0.717) is 42.7 Å². The Morgan fingerprint density at radius 1 is 1.11 bits per heavy atom. The van der Waals surface area contributed by atoms with Crippen molar-refractivity contribution >= 4 is 17.7 Å². The summed E-state index contributed by atoms with van der Waals surface area (Å²) in [5.41, 5.74) is 0.464. The highest BCUT2D eigenvalue weighted by molar-refractivity contribution is 8.00. The molecule has 5 unspecified atom stereocenters. The van der Waals surface area contributed by atoms with E-state index >= 15 is 0 Å². The third kappa shape index (κ3) is 7.39. The standard InChI is InChI=1S/C32H46FN5O6S/c1-17(2)13-18-11-12-43-29-19(14-18)15-34-25(29)31(42)35-22-5-3-4-6-24(45-32-28(41)26(39)27(40)30(22)44-32)23-16-38(37-36-23)21-9-7-20(33)8-10-21/h7-10,16-19,22,24-30,32,34,39-41H,3-6,11-15H2,1-2H3,(H,35,42)/t18-,19-,22+,24-,25-,26?,27?,28?,29+,30?,32?/m0/s1. The molecule has 5 N–H and O–H groups in total. The minimum absolute atomic E-state index is 0.192. The lowest BCUT2D eigenvalue weighted by Gasteiger charge is -2.45. The molecule has 6 rings (SSSR count). The number of nitrogens with one attached hydrogen (secondary N) is 2. The van der Waals surface area contributed by atoms with Gasteiger partial charge in [0.2, 0.25) is 5.91 Å². The summed E-state index contributed by atoms with van der Waals surface area (Å²) in [6.45, 7) is 5.85. The van der Waals surface area contributed by atoms with Gasteiger partial charge in [-0.05, 0) is 74.1 Å². The predicted octanol–water partition coefficient (Wildman–Crippen LogP) is 2.48. The first-order valence-corrected chi connectivity index (χ1v) is 17.3. The van der Waals surface area contributed by atoms with Crippen molar-refractivity contribution in [2.24, 2.45) is 17.8 Å². The van der Waals surface area contributed by atoms with Crippen LogP contribution in [0.15, 0.2) is 30.5 Å². The molecule has 13 heteroatoms. The van der Waals surface area contributed by atoms with E-state index in [1.54, 1.807) is 23.0 Å². The third-order valence-corrected chi connectivity index (χ3v) is 11.2. The van der Waals surface area contributed by atoms with Crippen LogP contribution < -0.4 is 10.6 Å². The molecule has 4 aliphatic rings. The second-order valence-electron chi connectivity index (χ2n) is 13.5. The number of aromatic nitrogens is 3. The van der Waals surface area contributed by atoms with E-state index in [-0.39, 0.29) is 29.0 Å². The Hall–Kier alpha value is -2.13. The lowest BCUT2D eigenvalue weighted by molar-refractivity contribution is -0.206. The van der Waals surface area contributed by atoms with Crippen LogP contribution in [-0.2, 0) is 14.3 Å². The van der Waals surface area contributed by atoms with Crippen LogP contribution >= 0.6 is 11.8 Å². The van der Waals surface area contributed by atoms with Crippen molar-refractivity contribution in [3.8, 4) is 5.69 Å². The number of carbonyl (C=O) groups excluding carboxylic acids is 1. The molecule has 0 aliphatic carbocycles. The molecular formula is C32H46FN5O6S. The van der Waals surface area contributed by atoms with Gasteiger partial charge in [-0.1, -0.05) is 31.9 Å². The highest BCUT2D eigenvalue weighted by atomic mass is 32.2. The van der Waals surface area contributed by atoms with Crippen molar-refractivity contribution in [3.05, 3.63) is 42.0 Å². The first-order chi connectivity index (χ1) is 21.7. The Balaban J connectivity index is 1.14. The minimum atomic E-state index is -1.45. The van der Waals surface area contributed by atoms with E-state index in [9.17, 15) is 24.5 Å². The summed E-state index contributed by atoms with van der Waals surface area (Å²) in [5, 5.41) is 47.8. The molecular weight excluding hydrogens is 601 g/mol. The van der Waals surface area contributed by atoms with Gasteiger partial charge in [0.25, 0.3) is 0 Å². The first-order valence-electron chi connectivity index (χ1n) is 16.4. The average molecular weight is 648 g/mol. The van der Waals surface area contributed by atoms with Crippen molar-refractivity contribution in [2.75, 3.05) is 13.2 Å². The fraction of sp³-hybridized carbons (Fsp3) is 0.719. The minimum Gasteiger partial charge on any atom is -0.388 e. The lowest BCUT2D eigenvalue weighted by atomic mass is 9.85. The average Bonchev–Trinajstić information content (AvgIpc) is 3.61. The number of carbonyl (C=O) groups is 1. The number of aliphatic hydroxyl groups excluding tert-OH is 3. The van der Waals surface area contributed by atoms with Gasteiger partial charge in [-0.15, -0.1) is 16.9 Å². The van der Waals surface area contributed by atoms with Gasteiger partial charge in [0.05, 0.1) is 35.0 Å². The molecule has 45 heavy (non-hydrogen) atoms. The highest BCUT2D eigenvalue weighted by Crippen LogP contribution is 2.42. The van der Waals surface area contributed by atoms with E-state index in [2.05, 4.69) is 34.8 Å². The molecule has 4 aliphatic heterocycles. The fourth-order valence-corrected chi connectivity index (χ4v) is 8.86. The van der Waals surface area contributed by atoms with E-state index in [1.165, 1.54) is 23.9 Å². The zero-order valence-corrected chi connectivity index (χ0v) is 26.7. The quantitative estimate of drug-likeness (QED) is 0.316. The van der Waals surface area contributed by atoms with E-state index < -0.39 is 41.9 Å². The molecule has 2 aromatic rings. The van der Waals surface area contributed by atoms with Crippen molar-refractivity contribution in [1.82, 2.24) is 25.6 Å². The van der Waals surface area contributed by atoms with Gasteiger partial charge >= 0.3 is 0 Å². The van der Waals surface area contributed by atoms with Crippen molar-refractivity contribution < 1.29 is 34.0 Å². The molecule has 2 bridgehead atoms. The SMILES string of the molecule is CC(C)C[C@@H]1CCO[C@@H]2[C@H](CN[C@@H]2C(=O)N[C@@H]2CCCC[C@@H](c3cn(-c4ccc(F)cc4)nn3)SC3OC2C(O)C(O)C3O)C1. The Morgan fingerprint density at radius 2 is 1.89 bits per heavy atom. The normalized spacial score (nSPS) is 37.5. The molecule has 5 heterocycles. The number of amides is 1. The van der Waals surface area contributed by atoms with E-state index in [4.69, 9.17) is 9.47 Å². The van der Waals surface area contributed by atoms with Crippen LogP contribution in [0, 0.1) is 23.6 Å². The van der Waals surface area contributed by atoms with Crippen LogP contribution in [0.3, 0.4) is 0 Å². The largest absolute Gasteiger partial charge is 0.388 e. The summed E-state index contributed by atoms with van der Waals surface area (Å²) in [5.74, 6) is 0.945. The smallest absolute Gasteiger partial charge is 0.240 e. The first kappa shape index (κ1) is 32.8. The molecule has 1 aromatic heterocycles. The predicted molar refractivity (Wildman–Crippen MR) is 166 cm³/mol. The molecule has 1 aromatic carbocycles. The molecule has 11 atom stereocenters. The van der Waals surface area contributed by atoms with Gasteiger partial charge < -0.3 is 35.4 Å². The number of thioether (sulfide) groups is 1. The summed E-state index contributed by atoms with van der Waals surface area (Å²) in [6, 6.07) is 4.89. The Morgan fingerprint density at radius 3 is 2.67 bits per heavy atom. The number of nitrogens with zero attached hydrogens (tertiary/aromatic N) is 3. The number of fused-ring (bicyclic) bond motifs is 3. The van der Waals surface area contributed by atoms with Gasteiger partial charge in [0.15, 0.2) is 0 Å². The molecule has 0 saturated carbocycles. The maximum absolute atomic E-state index is 13.7.